The molecular formula is C20H15FN6O2. The third kappa shape index (κ3) is 4.64. The van der Waals surface area contributed by atoms with Crippen LogP contribution in [0.4, 0.5) is 15.9 Å². The normalized spacial score (nSPS) is 9.38. The molecule has 144 valence electrons. The maximum atomic E-state index is 13.5. The molecule has 0 radical (unpaired) electrons. The van der Waals surface area contributed by atoms with Gasteiger partial charge in [0.1, 0.15) is 31.3 Å². The first-order valence-corrected chi connectivity index (χ1v) is 8.04. The van der Waals surface area contributed by atoms with Gasteiger partial charge in [-0.2, -0.15) is 14.9 Å². The first-order valence-electron chi connectivity index (χ1n) is 8.04. The number of hydrogen-bond donors (Lipinski definition) is 1. The van der Waals surface area contributed by atoms with Gasteiger partial charge in [-0.1, -0.05) is 0 Å². The SMILES string of the molecule is C=O.C=O.N#Cc1cc(Nc2ccnc3cc(-c4cccnc4)nn23)ccc1F. The Balaban J connectivity index is 0.000000707. The van der Waals surface area contributed by atoms with Crippen LogP contribution in [0.25, 0.3) is 16.9 Å². The third-order valence-electron chi connectivity index (χ3n) is 3.67. The number of carbonyl (C=O) groups excluding carboxylic acids is 2. The molecule has 8 nitrogen and oxygen atoms in total. The van der Waals surface area contributed by atoms with Crippen molar-refractivity contribution in [3.05, 3.63) is 72.4 Å². The molecule has 0 unspecified atom stereocenters. The molecule has 0 amide bonds. The van der Waals surface area contributed by atoms with E-state index in [-0.39, 0.29) is 5.56 Å². The molecule has 0 saturated heterocycles. The summed E-state index contributed by atoms with van der Waals surface area (Å²) >= 11 is 0. The van der Waals surface area contributed by atoms with Crippen molar-refractivity contribution in [3.8, 4) is 17.3 Å². The van der Waals surface area contributed by atoms with Crippen LogP contribution in [0.15, 0.2) is 61.1 Å². The van der Waals surface area contributed by atoms with Crippen LogP contribution in [0.3, 0.4) is 0 Å². The molecule has 3 heterocycles. The van der Waals surface area contributed by atoms with Crippen molar-refractivity contribution in [1.82, 2.24) is 19.6 Å². The Kier molecular flexibility index (Phi) is 7.22. The van der Waals surface area contributed by atoms with Crippen molar-refractivity contribution < 1.29 is 14.0 Å². The van der Waals surface area contributed by atoms with Crippen LogP contribution in [-0.2, 0) is 9.59 Å². The van der Waals surface area contributed by atoms with Gasteiger partial charge in [0.25, 0.3) is 0 Å². The lowest BCUT2D eigenvalue weighted by atomic mass is 10.2. The van der Waals surface area contributed by atoms with Crippen LogP contribution < -0.4 is 5.32 Å². The number of benzene rings is 1. The number of hydrogen-bond acceptors (Lipinski definition) is 7. The van der Waals surface area contributed by atoms with E-state index in [0.29, 0.717) is 17.2 Å². The zero-order valence-corrected chi connectivity index (χ0v) is 15.1. The second-order valence-electron chi connectivity index (χ2n) is 5.30. The number of nitriles is 1. The van der Waals surface area contributed by atoms with Crippen molar-refractivity contribution >= 4 is 30.7 Å². The lowest BCUT2D eigenvalue weighted by Crippen LogP contribution is -2.01. The maximum Gasteiger partial charge on any atom is 0.157 e. The smallest absolute Gasteiger partial charge is 0.157 e. The molecule has 1 N–H and O–H groups in total. The minimum atomic E-state index is -0.550. The van der Waals surface area contributed by atoms with Crippen molar-refractivity contribution in [1.29, 1.82) is 5.26 Å². The Morgan fingerprint density at radius 2 is 1.86 bits per heavy atom. The van der Waals surface area contributed by atoms with E-state index in [2.05, 4.69) is 20.4 Å². The summed E-state index contributed by atoms with van der Waals surface area (Å²) in [5, 5.41) is 16.7. The minimum Gasteiger partial charge on any atom is -0.340 e. The molecule has 0 bridgehead atoms. The van der Waals surface area contributed by atoms with Gasteiger partial charge >= 0.3 is 0 Å². The lowest BCUT2D eigenvalue weighted by Gasteiger charge is -2.08. The number of pyridine rings is 1. The number of anilines is 2. The third-order valence-corrected chi connectivity index (χ3v) is 3.67. The van der Waals surface area contributed by atoms with Gasteiger partial charge < -0.3 is 14.9 Å². The Hall–Kier alpha value is -4.45. The molecule has 0 aliphatic heterocycles. The average molecular weight is 390 g/mol. The summed E-state index contributed by atoms with van der Waals surface area (Å²) in [6.07, 6.45) is 5.08. The average Bonchev–Trinajstić information content (AvgIpc) is 3.24. The molecule has 4 rings (SSSR count). The number of nitrogens with one attached hydrogen (secondary N) is 1. The van der Waals surface area contributed by atoms with Crippen LogP contribution in [-0.4, -0.2) is 33.2 Å². The molecule has 0 aliphatic rings. The van der Waals surface area contributed by atoms with E-state index in [0.717, 1.165) is 11.3 Å². The molecule has 0 saturated carbocycles. The molecule has 4 aromatic rings. The highest BCUT2D eigenvalue weighted by molar-refractivity contribution is 5.66. The maximum absolute atomic E-state index is 13.5. The molecule has 0 spiro atoms. The van der Waals surface area contributed by atoms with E-state index >= 15 is 0 Å². The van der Waals surface area contributed by atoms with Crippen LogP contribution in [0.5, 0.6) is 0 Å². The first kappa shape index (κ1) is 20.9. The molecule has 0 atom stereocenters. The molecule has 9 heteroatoms. The van der Waals surface area contributed by atoms with Gasteiger partial charge in [-0.3, -0.25) is 4.98 Å². The molecule has 1 aromatic carbocycles. The highest BCUT2D eigenvalue weighted by atomic mass is 19.1. The van der Waals surface area contributed by atoms with Gasteiger partial charge in [0.05, 0.1) is 11.3 Å². The quantitative estimate of drug-likeness (QED) is 0.571. The Labute approximate surface area is 165 Å². The zero-order chi connectivity index (χ0) is 21.2. The molecule has 29 heavy (non-hydrogen) atoms. The summed E-state index contributed by atoms with van der Waals surface area (Å²) in [6, 6.07) is 13.5. The van der Waals surface area contributed by atoms with Crippen molar-refractivity contribution in [2.45, 2.75) is 0 Å². The summed E-state index contributed by atoms with van der Waals surface area (Å²) in [4.78, 5) is 24.4. The molecular weight excluding hydrogens is 375 g/mol. The van der Waals surface area contributed by atoms with Crippen molar-refractivity contribution in [2.75, 3.05) is 5.32 Å². The highest BCUT2D eigenvalue weighted by Gasteiger charge is 2.10. The van der Waals surface area contributed by atoms with E-state index < -0.39 is 5.82 Å². The van der Waals surface area contributed by atoms with E-state index in [1.807, 2.05) is 37.8 Å². The van der Waals surface area contributed by atoms with Crippen molar-refractivity contribution in [2.24, 2.45) is 0 Å². The number of carbonyl (C=O) groups is 2. The number of rotatable bonds is 3. The predicted octanol–water partition coefficient (Wildman–Crippen LogP) is 3.18. The largest absolute Gasteiger partial charge is 0.340 e. The van der Waals surface area contributed by atoms with Crippen molar-refractivity contribution in [3.63, 3.8) is 0 Å². The van der Waals surface area contributed by atoms with E-state index in [1.54, 1.807) is 35.2 Å². The number of aromatic nitrogens is 4. The fraction of sp³-hybridized carbons (Fsp3) is 0. The van der Waals surface area contributed by atoms with Gasteiger partial charge in [-0.15, -0.1) is 0 Å². The topological polar surface area (TPSA) is 113 Å². The fourth-order valence-electron chi connectivity index (χ4n) is 2.48. The number of fused-ring (bicyclic) bond motifs is 1. The van der Waals surface area contributed by atoms with Crippen LogP contribution in [0, 0.1) is 17.1 Å². The van der Waals surface area contributed by atoms with Gasteiger partial charge in [0.2, 0.25) is 0 Å². The van der Waals surface area contributed by atoms with E-state index in [1.165, 1.54) is 12.1 Å². The minimum absolute atomic E-state index is 0.0215. The Morgan fingerprint density at radius 1 is 1.07 bits per heavy atom. The summed E-state index contributed by atoms with van der Waals surface area (Å²) in [5.74, 6) is 0.0986. The van der Waals surface area contributed by atoms with Crippen LogP contribution >= 0.6 is 0 Å². The molecule has 0 fully saturated rings. The highest BCUT2D eigenvalue weighted by Crippen LogP contribution is 2.23. The predicted molar refractivity (Wildman–Crippen MR) is 105 cm³/mol. The summed E-state index contributed by atoms with van der Waals surface area (Å²) in [6.45, 7) is 4.00. The first-order chi connectivity index (χ1) is 14.2. The summed E-state index contributed by atoms with van der Waals surface area (Å²) in [5.41, 5.74) is 2.85. The fourth-order valence-corrected chi connectivity index (χ4v) is 2.48. The van der Waals surface area contributed by atoms with Crippen LogP contribution in [0.2, 0.25) is 0 Å². The monoisotopic (exact) mass is 390 g/mol. The summed E-state index contributed by atoms with van der Waals surface area (Å²) < 4.78 is 15.1. The van der Waals surface area contributed by atoms with Gasteiger partial charge in [0.15, 0.2) is 5.65 Å². The van der Waals surface area contributed by atoms with E-state index in [4.69, 9.17) is 14.9 Å². The Morgan fingerprint density at radius 3 is 2.55 bits per heavy atom. The van der Waals surface area contributed by atoms with Gasteiger partial charge in [-0.05, 0) is 36.4 Å². The lowest BCUT2D eigenvalue weighted by molar-refractivity contribution is -0.0987. The number of halogens is 1. The van der Waals surface area contributed by atoms with Gasteiger partial charge in [0, 0.05) is 35.9 Å². The molecule has 0 aliphatic carbocycles. The van der Waals surface area contributed by atoms with E-state index in [9.17, 15) is 4.39 Å². The zero-order valence-electron chi connectivity index (χ0n) is 15.1. The Bertz CT molecular complexity index is 1140. The second-order valence-corrected chi connectivity index (χ2v) is 5.30. The summed E-state index contributed by atoms with van der Waals surface area (Å²) in [7, 11) is 0. The second kappa shape index (κ2) is 10.0. The standard InChI is InChI=1S/C18H11FN6.2CH2O/c19-15-4-3-14(8-13(15)10-20)23-17-5-7-22-18-9-16(24-25(17)18)12-2-1-6-21-11-12;2*1-2/h1-9,11,23H;2*1H2. The van der Waals surface area contributed by atoms with Crippen LogP contribution in [0.1, 0.15) is 5.56 Å². The number of nitrogens with zero attached hydrogens (tertiary/aromatic N) is 5. The van der Waals surface area contributed by atoms with Gasteiger partial charge in [-0.25, -0.2) is 9.37 Å². The molecule has 3 aromatic heterocycles.